The third kappa shape index (κ3) is 2.79. The van der Waals surface area contributed by atoms with Gasteiger partial charge in [-0.25, -0.2) is 9.07 Å². The van der Waals surface area contributed by atoms with Gasteiger partial charge >= 0.3 is 0 Å². The number of nitrogens with zero attached hydrogens (tertiary/aromatic N) is 2. The van der Waals surface area contributed by atoms with Crippen LogP contribution in [-0.4, -0.2) is 21.7 Å². The van der Waals surface area contributed by atoms with E-state index in [0.29, 0.717) is 12.1 Å². The zero-order chi connectivity index (χ0) is 14.0. The van der Waals surface area contributed by atoms with E-state index < -0.39 is 11.7 Å². The molecule has 100 valence electrons. The normalized spacial score (nSPS) is 12.4. The Kier molecular flexibility index (Phi) is 3.62. The number of rotatable bonds is 4. The van der Waals surface area contributed by atoms with Gasteiger partial charge in [0.2, 0.25) is 0 Å². The number of primary amides is 1. The predicted molar refractivity (Wildman–Crippen MR) is 69.4 cm³/mol. The van der Waals surface area contributed by atoms with Crippen LogP contribution < -0.4 is 11.5 Å². The Balaban J connectivity index is 2.50. The molecule has 0 saturated heterocycles. The number of benzene rings is 1. The lowest BCUT2D eigenvalue weighted by Crippen LogP contribution is -2.19. The molecule has 0 aliphatic rings. The van der Waals surface area contributed by atoms with Gasteiger partial charge in [0.1, 0.15) is 17.2 Å². The highest BCUT2D eigenvalue weighted by molar-refractivity contribution is 5.90. The molecule has 0 aliphatic heterocycles. The first-order valence-electron chi connectivity index (χ1n) is 5.88. The standard InChI is InChI=1S/C13H15FN4O/c1-8(15)7-9-3-2-4-10(14)12(9)18-6-5-11(17-18)13(16)19/h2-6,8H,7,15H2,1H3,(H2,16,19). The SMILES string of the molecule is CC(N)Cc1cccc(F)c1-n1ccc(C(N)=O)n1. The van der Waals surface area contributed by atoms with E-state index in [1.54, 1.807) is 12.1 Å². The van der Waals surface area contributed by atoms with Crippen LogP contribution in [-0.2, 0) is 6.42 Å². The maximum Gasteiger partial charge on any atom is 0.269 e. The highest BCUT2D eigenvalue weighted by atomic mass is 19.1. The molecular weight excluding hydrogens is 247 g/mol. The summed E-state index contributed by atoms with van der Waals surface area (Å²) in [4.78, 5) is 11.0. The monoisotopic (exact) mass is 262 g/mol. The Hall–Kier alpha value is -2.21. The van der Waals surface area contributed by atoms with Gasteiger partial charge in [-0.15, -0.1) is 0 Å². The van der Waals surface area contributed by atoms with Gasteiger partial charge in [0.15, 0.2) is 0 Å². The van der Waals surface area contributed by atoms with Gasteiger partial charge in [0.05, 0.1) is 0 Å². The third-order valence-corrected chi connectivity index (χ3v) is 2.68. The summed E-state index contributed by atoms with van der Waals surface area (Å²) in [7, 11) is 0. The zero-order valence-electron chi connectivity index (χ0n) is 10.5. The van der Waals surface area contributed by atoms with Crippen molar-refractivity contribution < 1.29 is 9.18 Å². The minimum absolute atomic E-state index is 0.0926. The minimum atomic E-state index is -0.649. The molecule has 19 heavy (non-hydrogen) atoms. The van der Waals surface area contributed by atoms with Gasteiger partial charge in [0.25, 0.3) is 5.91 Å². The lowest BCUT2D eigenvalue weighted by atomic mass is 10.1. The van der Waals surface area contributed by atoms with Crippen LogP contribution in [0.4, 0.5) is 4.39 Å². The molecule has 0 aliphatic carbocycles. The molecule has 1 aromatic carbocycles. The predicted octanol–water partition coefficient (Wildman–Crippen LogP) is 1.00. The number of para-hydroxylation sites is 1. The molecule has 1 amide bonds. The molecule has 0 fully saturated rings. The van der Waals surface area contributed by atoms with Crippen LogP contribution in [0.25, 0.3) is 5.69 Å². The van der Waals surface area contributed by atoms with Crippen molar-refractivity contribution in [2.24, 2.45) is 11.5 Å². The van der Waals surface area contributed by atoms with E-state index in [1.165, 1.54) is 23.0 Å². The maximum atomic E-state index is 14.0. The first-order valence-corrected chi connectivity index (χ1v) is 5.88. The summed E-state index contributed by atoms with van der Waals surface area (Å²) in [5.41, 5.74) is 12.0. The summed E-state index contributed by atoms with van der Waals surface area (Å²) in [6.07, 6.45) is 2.02. The molecule has 4 N–H and O–H groups in total. The van der Waals surface area contributed by atoms with Crippen LogP contribution in [0.3, 0.4) is 0 Å². The van der Waals surface area contributed by atoms with E-state index in [-0.39, 0.29) is 11.7 Å². The summed E-state index contributed by atoms with van der Waals surface area (Å²) in [6, 6.07) is 6.09. The smallest absolute Gasteiger partial charge is 0.269 e. The molecule has 0 radical (unpaired) electrons. The summed E-state index contributed by atoms with van der Waals surface area (Å²) < 4.78 is 15.3. The highest BCUT2D eigenvalue weighted by Gasteiger charge is 2.14. The fourth-order valence-electron chi connectivity index (χ4n) is 1.91. The quantitative estimate of drug-likeness (QED) is 0.861. The number of aromatic nitrogens is 2. The van der Waals surface area contributed by atoms with E-state index in [2.05, 4.69) is 5.10 Å². The molecule has 1 aromatic heterocycles. The fraction of sp³-hybridized carbons (Fsp3) is 0.231. The van der Waals surface area contributed by atoms with Crippen LogP contribution >= 0.6 is 0 Å². The van der Waals surface area contributed by atoms with Crippen molar-refractivity contribution in [3.05, 3.63) is 47.5 Å². The Labute approximate surface area is 110 Å². The van der Waals surface area contributed by atoms with Crippen molar-refractivity contribution >= 4 is 5.91 Å². The molecule has 1 atom stereocenters. The Morgan fingerprint density at radius 3 is 2.79 bits per heavy atom. The van der Waals surface area contributed by atoms with Crippen molar-refractivity contribution in [2.45, 2.75) is 19.4 Å². The number of carbonyl (C=O) groups excluding carboxylic acids is 1. The summed E-state index contributed by atoms with van der Waals surface area (Å²) in [6.45, 7) is 1.84. The van der Waals surface area contributed by atoms with Gasteiger partial charge in [-0.1, -0.05) is 12.1 Å². The molecule has 0 spiro atoms. The van der Waals surface area contributed by atoms with E-state index >= 15 is 0 Å². The van der Waals surface area contributed by atoms with E-state index in [0.717, 1.165) is 5.56 Å². The first-order chi connectivity index (χ1) is 8.99. The molecule has 0 saturated carbocycles. The molecule has 1 unspecified atom stereocenters. The van der Waals surface area contributed by atoms with E-state index in [4.69, 9.17) is 11.5 Å². The summed E-state index contributed by atoms with van der Waals surface area (Å²) in [5, 5.41) is 3.97. The number of hydrogen-bond donors (Lipinski definition) is 2. The largest absolute Gasteiger partial charge is 0.364 e. The van der Waals surface area contributed by atoms with Crippen molar-refractivity contribution in [3.8, 4) is 5.69 Å². The number of halogens is 1. The topological polar surface area (TPSA) is 86.9 Å². The van der Waals surface area contributed by atoms with Gasteiger partial charge in [-0.05, 0) is 31.0 Å². The lowest BCUT2D eigenvalue weighted by molar-refractivity contribution is 0.0995. The van der Waals surface area contributed by atoms with Gasteiger partial charge in [-0.3, -0.25) is 4.79 Å². The molecule has 1 heterocycles. The first kappa shape index (κ1) is 13.2. The van der Waals surface area contributed by atoms with Crippen LogP contribution in [0, 0.1) is 5.82 Å². The third-order valence-electron chi connectivity index (χ3n) is 2.68. The Morgan fingerprint density at radius 2 is 2.21 bits per heavy atom. The molecule has 6 heteroatoms. The lowest BCUT2D eigenvalue weighted by Gasteiger charge is -2.12. The molecule has 2 aromatic rings. The van der Waals surface area contributed by atoms with Crippen molar-refractivity contribution in [1.82, 2.24) is 9.78 Å². The van der Waals surface area contributed by atoms with Crippen LogP contribution in [0.15, 0.2) is 30.5 Å². The average molecular weight is 262 g/mol. The number of carbonyl (C=O) groups is 1. The van der Waals surface area contributed by atoms with E-state index in [1.807, 2.05) is 6.92 Å². The average Bonchev–Trinajstić information content (AvgIpc) is 2.77. The van der Waals surface area contributed by atoms with E-state index in [9.17, 15) is 9.18 Å². The zero-order valence-corrected chi connectivity index (χ0v) is 10.5. The molecule has 2 rings (SSSR count). The van der Waals surface area contributed by atoms with Crippen LogP contribution in [0.2, 0.25) is 0 Å². The van der Waals surface area contributed by atoms with Crippen molar-refractivity contribution in [1.29, 1.82) is 0 Å². The Morgan fingerprint density at radius 1 is 1.47 bits per heavy atom. The molecule has 0 bridgehead atoms. The van der Waals surface area contributed by atoms with Gasteiger partial charge < -0.3 is 11.5 Å². The van der Waals surface area contributed by atoms with Gasteiger partial charge in [-0.2, -0.15) is 5.10 Å². The summed E-state index contributed by atoms with van der Waals surface area (Å²) >= 11 is 0. The second kappa shape index (κ2) is 5.19. The van der Waals surface area contributed by atoms with Crippen LogP contribution in [0.1, 0.15) is 23.0 Å². The van der Waals surface area contributed by atoms with Crippen molar-refractivity contribution in [3.63, 3.8) is 0 Å². The number of hydrogen-bond acceptors (Lipinski definition) is 3. The molecular formula is C13H15FN4O. The highest BCUT2D eigenvalue weighted by Crippen LogP contribution is 2.19. The second-order valence-corrected chi connectivity index (χ2v) is 4.44. The van der Waals surface area contributed by atoms with Crippen LogP contribution in [0.5, 0.6) is 0 Å². The van der Waals surface area contributed by atoms with Gasteiger partial charge in [0, 0.05) is 12.2 Å². The Bertz CT molecular complexity index is 606. The minimum Gasteiger partial charge on any atom is -0.364 e. The van der Waals surface area contributed by atoms with Crippen molar-refractivity contribution in [2.75, 3.05) is 0 Å². The maximum absolute atomic E-state index is 14.0. The fourth-order valence-corrected chi connectivity index (χ4v) is 1.91. The number of nitrogens with two attached hydrogens (primary N) is 2. The second-order valence-electron chi connectivity index (χ2n) is 4.44. The molecule has 5 nitrogen and oxygen atoms in total. The summed E-state index contributed by atoms with van der Waals surface area (Å²) in [5.74, 6) is -1.07. The number of amides is 1.